The van der Waals surface area contributed by atoms with Crippen LogP contribution in [-0.2, 0) is 0 Å². The Bertz CT molecular complexity index is 840. The molecule has 0 amide bonds. The molecule has 0 saturated heterocycles. The van der Waals surface area contributed by atoms with Gasteiger partial charge in [0.15, 0.2) is 0 Å². The number of aromatic nitrogens is 1. The molecule has 0 radical (unpaired) electrons. The summed E-state index contributed by atoms with van der Waals surface area (Å²) in [7, 11) is 0. The normalized spacial score (nSPS) is 12.0. The maximum Gasteiger partial charge on any atom is 0.149 e. The quantitative estimate of drug-likeness (QED) is 0.376. The second-order valence-corrected chi connectivity index (χ2v) is 6.96. The standard InChI is InChI=1S/C20H23N5S/c21-18-13-17(19(22)20(23)25-18)16(14-7-3-1-4-8-14)11-12-24-26-15-9-5-2-6-10-15/h1-10,13,16,24H,11-12,22H2,(H4,21,23,25). The van der Waals surface area contributed by atoms with E-state index in [1.165, 1.54) is 10.5 Å². The van der Waals surface area contributed by atoms with E-state index in [9.17, 15) is 0 Å². The Morgan fingerprint density at radius 2 is 1.58 bits per heavy atom. The van der Waals surface area contributed by atoms with Crippen LogP contribution < -0.4 is 21.9 Å². The first-order valence-electron chi connectivity index (χ1n) is 8.46. The van der Waals surface area contributed by atoms with Gasteiger partial charge in [-0.05, 0) is 47.7 Å². The molecule has 0 saturated carbocycles. The molecular weight excluding hydrogens is 342 g/mol. The van der Waals surface area contributed by atoms with Crippen molar-refractivity contribution in [1.82, 2.24) is 9.71 Å². The number of rotatable bonds is 7. The van der Waals surface area contributed by atoms with Crippen LogP contribution in [0, 0.1) is 0 Å². The number of nitrogens with zero attached hydrogens (tertiary/aromatic N) is 1. The monoisotopic (exact) mass is 365 g/mol. The van der Waals surface area contributed by atoms with Crippen LogP contribution in [0.25, 0.3) is 0 Å². The topological polar surface area (TPSA) is 103 Å². The molecule has 1 atom stereocenters. The van der Waals surface area contributed by atoms with Gasteiger partial charge >= 0.3 is 0 Å². The lowest BCUT2D eigenvalue weighted by Gasteiger charge is -2.21. The Hall–Kier alpha value is -2.70. The fourth-order valence-corrected chi connectivity index (χ4v) is 3.60. The van der Waals surface area contributed by atoms with Gasteiger partial charge in [0, 0.05) is 17.4 Å². The van der Waals surface area contributed by atoms with Crippen molar-refractivity contribution in [2.24, 2.45) is 0 Å². The summed E-state index contributed by atoms with van der Waals surface area (Å²) in [4.78, 5) is 5.24. The van der Waals surface area contributed by atoms with Crippen molar-refractivity contribution < 1.29 is 0 Å². The third-order valence-electron chi connectivity index (χ3n) is 4.19. The van der Waals surface area contributed by atoms with E-state index < -0.39 is 0 Å². The molecule has 0 aliphatic rings. The molecule has 3 rings (SSSR count). The van der Waals surface area contributed by atoms with Crippen molar-refractivity contribution in [3.8, 4) is 0 Å². The lowest BCUT2D eigenvalue weighted by molar-refractivity contribution is 0.707. The van der Waals surface area contributed by atoms with Crippen LogP contribution in [0.3, 0.4) is 0 Å². The van der Waals surface area contributed by atoms with Gasteiger partial charge in [0.25, 0.3) is 0 Å². The van der Waals surface area contributed by atoms with Gasteiger partial charge in [0.05, 0.1) is 5.69 Å². The Morgan fingerprint density at radius 3 is 2.27 bits per heavy atom. The number of hydrogen-bond donors (Lipinski definition) is 4. The van der Waals surface area contributed by atoms with Crippen LogP contribution >= 0.6 is 11.9 Å². The molecule has 1 aromatic heterocycles. The predicted octanol–water partition coefficient (Wildman–Crippen LogP) is 3.65. The molecule has 0 aliphatic carbocycles. The van der Waals surface area contributed by atoms with Gasteiger partial charge in [-0.2, -0.15) is 0 Å². The number of nitrogens with one attached hydrogen (secondary N) is 1. The third-order valence-corrected chi connectivity index (χ3v) is 5.04. The van der Waals surface area contributed by atoms with Crippen molar-refractivity contribution in [2.45, 2.75) is 17.2 Å². The van der Waals surface area contributed by atoms with E-state index in [1.54, 1.807) is 11.9 Å². The van der Waals surface area contributed by atoms with Gasteiger partial charge in [0.1, 0.15) is 11.6 Å². The van der Waals surface area contributed by atoms with Gasteiger partial charge in [-0.1, -0.05) is 48.5 Å². The second-order valence-electron chi connectivity index (χ2n) is 6.00. The van der Waals surface area contributed by atoms with Crippen molar-refractivity contribution in [3.05, 3.63) is 77.9 Å². The zero-order chi connectivity index (χ0) is 18.4. The number of hydrogen-bond acceptors (Lipinski definition) is 6. The molecule has 1 unspecified atom stereocenters. The van der Waals surface area contributed by atoms with Crippen molar-refractivity contribution in [3.63, 3.8) is 0 Å². The lowest BCUT2D eigenvalue weighted by atomic mass is 9.88. The Kier molecular flexibility index (Phi) is 5.99. The van der Waals surface area contributed by atoms with Crippen LogP contribution in [0.5, 0.6) is 0 Å². The summed E-state index contributed by atoms with van der Waals surface area (Å²) in [5.74, 6) is 0.763. The van der Waals surface area contributed by atoms with E-state index in [0.717, 1.165) is 18.5 Å². The Balaban J connectivity index is 1.77. The van der Waals surface area contributed by atoms with Gasteiger partial charge < -0.3 is 17.2 Å². The number of nitrogens with two attached hydrogens (primary N) is 3. The van der Waals surface area contributed by atoms with Gasteiger partial charge in [0.2, 0.25) is 0 Å². The highest BCUT2D eigenvalue weighted by atomic mass is 32.2. The summed E-state index contributed by atoms with van der Waals surface area (Å²) >= 11 is 1.62. The summed E-state index contributed by atoms with van der Waals surface area (Å²) in [6.45, 7) is 0.806. The molecule has 26 heavy (non-hydrogen) atoms. The van der Waals surface area contributed by atoms with Crippen LogP contribution in [0.1, 0.15) is 23.5 Å². The summed E-state index contributed by atoms with van der Waals surface area (Å²) in [6, 6.07) is 22.3. The largest absolute Gasteiger partial charge is 0.396 e. The molecular formula is C20H23N5S. The van der Waals surface area contributed by atoms with Crippen LogP contribution in [0.4, 0.5) is 17.3 Å². The van der Waals surface area contributed by atoms with Crippen molar-refractivity contribution in [2.75, 3.05) is 23.7 Å². The summed E-state index contributed by atoms with van der Waals surface area (Å²) in [5, 5.41) is 0. The third kappa shape index (κ3) is 4.47. The zero-order valence-corrected chi connectivity index (χ0v) is 15.2. The lowest BCUT2D eigenvalue weighted by Crippen LogP contribution is -2.15. The molecule has 6 heteroatoms. The minimum atomic E-state index is 0.0904. The Morgan fingerprint density at radius 1 is 0.923 bits per heavy atom. The van der Waals surface area contributed by atoms with E-state index >= 15 is 0 Å². The van der Waals surface area contributed by atoms with Crippen molar-refractivity contribution in [1.29, 1.82) is 0 Å². The van der Waals surface area contributed by atoms with Gasteiger partial charge in [-0.15, -0.1) is 0 Å². The number of benzene rings is 2. The molecule has 7 N–H and O–H groups in total. The first kappa shape index (κ1) is 18.1. The molecule has 1 heterocycles. The van der Waals surface area contributed by atoms with E-state index in [1.807, 2.05) is 42.5 Å². The SMILES string of the molecule is Nc1cc(C(CCNSc2ccccc2)c2ccccc2)c(N)c(N)n1. The zero-order valence-electron chi connectivity index (χ0n) is 14.4. The first-order valence-corrected chi connectivity index (χ1v) is 9.28. The van der Waals surface area contributed by atoms with Gasteiger partial charge in [-0.3, -0.25) is 4.72 Å². The fraction of sp³-hybridized carbons (Fsp3) is 0.150. The van der Waals surface area contributed by atoms with E-state index in [0.29, 0.717) is 11.5 Å². The molecule has 0 bridgehead atoms. The second kappa shape index (κ2) is 8.60. The molecule has 0 spiro atoms. The van der Waals surface area contributed by atoms with E-state index in [4.69, 9.17) is 17.2 Å². The van der Waals surface area contributed by atoms with E-state index in [2.05, 4.69) is 34.0 Å². The molecule has 2 aromatic carbocycles. The summed E-state index contributed by atoms with van der Waals surface area (Å²) in [6.07, 6.45) is 0.858. The molecule has 3 aromatic rings. The highest BCUT2D eigenvalue weighted by Crippen LogP contribution is 2.35. The highest BCUT2D eigenvalue weighted by Gasteiger charge is 2.19. The molecule has 5 nitrogen and oxygen atoms in total. The number of nitrogen functional groups attached to an aromatic ring is 3. The molecule has 0 fully saturated rings. The highest BCUT2D eigenvalue weighted by molar-refractivity contribution is 7.97. The van der Waals surface area contributed by atoms with Gasteiger partial charge in [-0.25, -0.2) is 4.98 Å². The average Bonchev–Trinajstić information content (AvgIpc) is 2.66. The van der Waals surface area contributed by atoms with Crippen molar-refractivity contribution >= 4 is 29.3 Å². The predicted molar refractivity (Wildman–Crippen MR) is 111 cm³/mol. The average molecular weight is 366 g/mol. The number of anilines is 3. The van der Waals surface area contributed by atoms with Crippen LogP contribution in [-0.4, -0.2) is 11.5 Å². The van der Waals surface area contributed by atoms with Crippen LogP contribution in [0.2, 0.25) is 0 Å². The Labute approximate surface area is 158 Å². The number of pyridine rings is 1. The maximum absolute atomic E-state index is 6.22. The minimum absolute atomic E-state index is 0.0904. The summed E-state index contributed by atoms with van der Waals surface area (Å²) < 4.78 is 3.42. The van der Waals surface area contributed by atoms with E-state index in [-0.39, 0.29) is 11.7 Å². The fourth-order valence-electron chi connectivity index (χ4n) is 2.92. The summed E-state index contributed by atoms with van der Waals surface area (Å²) in [5.41, 5.74) is 20.7. The maximum atomic E-state index is 6.22. The molecule has 0 aliphatic heterocycles. The van der Waals surface area contributed by atoms with Crippen LogP contribution in [0.15, 0.2) is 71.6 Å². The minimum Gasteiger partial charge on any atom is -0.396 e. The first-order chi connectivity index (χ1) is 12.6. The molecule has 134 valence electrons. The smallest absolute Gasteiger partial charge is 0.149 e.